The van der Waals surface area contributed by atoms with Crippen molar-refractivity contribution in [2.24, 2.45) is 0 Å². The number of benzene rings is 1. The lowest BCUT2D eigenvalue weighted by molar-refractivity contribution is 0.216. The molecule has 2 aromatic rings. The zero-order valence-corrected chi connectivity index (χ0v) is 14.9. The Bertz CT molecular complexity index is 934. The van der Waals surface area contributed by atoms with Crippen LogP contribution in [0.5, 0.6) is 5.75 Å². The van der Waals surface area contributed by atoms with Gasteiger partial charge in [0.2, 0.25) is 10.0 Å². The molecular formula is C15H17ClN4O3S. The molecule has 0 radical (unpaired) electrons. The summed E-state index contributed by atoms with van der Waals surface area (Å²) in [4.78, 5) is 10.8. The number of piperazine rings is 1. The van der Waals surface area contributed by atoms with E-state index in [4.69, 9.17) is 16.3 Å². The fourth-order valence-corrected chi connectivity index (χ4v) is 4.46. The minimum Gasteiger partial charge on any atom is -0.489 e. The average molecular weight is 369 g/mol. The number of fused-ring (bicyclic) bond motifs is 4. The minimum absolute atomic E-state index is 0.0106. The Balaban J connectivity index is 1.75. The van der Waals surface area contributed by atoms with Gasteiger partial charge in [0.1, 0.15) is 23.3 Å². The van der Waals surface area contributed by atoms with Gasteiger partial charge >= 0.3 is 0 Å². The molecule has 0 unspecified atom stereocenters. The molecule has 0 bridgehead atoms. The van der Waals surface area contributed by atoms with Gasteiger partial charge in [0.15, 0.2) is 0 Å². The number of ether oxygens (including phenoxy) is 1. The number of halogens is 1. The highest BCUT2D eigenvalue weighted by atomic mass is 35.5. The quantitative estimate of drug-likeness (QED) is 0.709. The second-order valence-electron chi connectivity index (χ2n) is 6.18. The van der Waals surface area contributed by atoms with Crippen LogP contribution in [0.25, 0.3) is 10.9 Å². The molecule has 128 valence electrons. The fraction of sp³-hybridized carbons (Fsp3) is 0.467. The molecule has 1 fully saturated rings. The van der Waals surface area contributed by atoms with Gasteiger partial charge in [-0.25, -0.2) is 18.4 Å². The first-order chi connectivity index (χ1) is 11.3. The summed E-state index contributed by atoms with van der Waals surface area (Å²) in [6.07, 6.45) is 1.24. The van der Waals surface area contributed by atoms with Crippen LogP contribution in [0.1, 0.15) is 5.82 Å². The van der Waals surface area contributed by atoms with E-state index < -0.39 is 10.0 Å². The number of aromatic nitrogens is 2. The lowest BCUT2D eigenvalue weighted by Crippen LogP contribution is -2.58. The van der Waals surface area contributed by atoms with Gasteiger partial charge in [-0.2, -0.15) is 4.31 Å². The third kappa shape index (κ3) is 2.58. The van der Waals surface area contributed by atoms with Crippen molar-refractivity contribution in [3.8, 4) is 5.75 Å². The van der Waals surface area contributed by atoms with E-state index in [1.165, 1.54) is 10.6 Å². The van der Waals surface area contributed by atoms with E-state index in [0.29, 0.717) is 37.2 Å². The first-order valence-electron chi connectivity index (χ1n) is 7.65. The Kier molecular flexibility index (Phi) is 3.59. The number of hydrogen-bond acceptors (Lipinski definition) is 6. The van der Waals surface area contributed by atoms with E-state index in [1.807, 2.05) is 12.1 Å². The highest BCUT2D eigenvalue weighted by Crippen LogP contribution is 2.39. The highest BCUT2D eigenvalue weighted by Gasteiger charge is 2.36. The van der Waals surface area contributed by atoms with Crippen LogP contribution in [0.4, 0.5) is 5.69 Å². The second kappa shape index (κ2) is 5.44. The Hall–Kier alpha value is -1.64. The number of aryl methyl sites for hydroxylation is 1. The summed E-state index contributed by atoms with van der Waals surface area (Å²) in [5.41, 5.74) is 1.67. The normalized spacial score (nSPS) is 21.3. The van der Waals surface area contributed by atoms with Gasteiger partial charge in [0.25, 0.3) is 0 Å². The van der Waals surface area contributed by atoms with Crippen molar-refractivity contribution in [1.29, 1.82) is 0 Å². The SMILES string of the molecule is Cc1nc(Cl)c2cc3c(cc2n1)OC[C@H]1CN(S(C)(=O)=O)CCN31. The Morgan fingerprint density at radius 3 is 2.83 bits per heavy atom. The van der Waals surface area contributed by atoms with Crippen LogP contribution in [-0.4, -0.2) is 61.2 Å². The summed E-state index contributed by atoms with van der Waals surface area (Å²) in [7, 11) is -3.19. The Labute approximate surface area is 145 Å². The molecule has 0 saturated carbocycles. The number of nitrogens with zero attached hydrogens (tertiary/aromatic N) is 4. The third-order valence-electron chi connectivity index (χ3n) is 4.50. The van der Waals surface area contributed by atoms with Crippen LogP contribution in [-0.2, 0) is 10.0 Å². The standard InChI is InChI=1S/C15H17ClN4O3S/c1-9-17-12-6-14-13(5-11(12)15(16)18-9)20-4-3-19(24(2,21)22)7-10(20)8-23-14/h5-6,10H,3-4,7-8H2,1-2H3/t10-/m1/s1. The highest BCUT2D eigenvalue weighted by molar-refractivity contribution is 7.88. The summed E-state index contributed by atoms with van der Waals surface area (Å²) in [6.45, 7) is 3.75. The van der Waals surface area contributed by atoms with E-state index in [-0.39, 0.29) is 6.04 Å². The molecule has 0 N–H and O–H groups in total. The van der Waals surface area contributed by atoms with Gasteiger partial charge < -0.3 is 9.64 Å². The molecule has 7 nitrogen and oxygen atoms in total. The van der Waals surface area contributed by atoms with Gasteiger partial charge in [0.05, 0.1) is 23.5 Å². The molecule has 9 heteroatoms. The van der Waals surface area contributed by atoms with Crippen LogP contribution in [0.3, 0.4) is 0 Å². The van der Waals surface area contributed by atoms with Crippen molar-refractivity contribution in [3.63, 3.8) is 0 Å². The summed E-state index contributed by atoms with van der Waals surface area (Å²) in [5.74, 6) is 1.36. The van der Waals surface area contributed by atoms with Crippen LogP contribution < -0.4 is 9.64 Å². The molecule has 0 amide bonds. The average Bonchev–Trinajstić information content (AvgIpc) is 2.51. The monoisotopic (exact) mass is 368 g/mol. The maximum absolute atomic E-state index is 11.8. The molecule has 2 aliphatic heterocycles. The molecule has 2 aliphatic rings. The van der Waals surface area contributed by atoms with Crippen molar-refractivity contribution < 1.29 is 13.2 Å². The zero-order chi connectivity index (χ0) is 17.1. The predicted molar refractivity (Wildman–Crippen MR) is 92.3 cm³/mol. The van der Waals surface area contributed by atoms with Gasteiger partial charge in [-0.15, -0.1) is 0 Å². The molecule has 1 atom stereocenters. The van der Waals surface area contributed by atoms with E-state index in [9.17, 15) is 8.42 Å². The van der Waals surface area contributed by atoms with Crippen LogP contribution in [0, 0.1) is 6.92 Å². The molecule has 24 heavy (non-hydrogen) atoms. The lowest BCUT2D eigenvalue weighted by atomic mass is 10.1. The first-order valence-corrected chi connectivity index (χ1v) is 9.88. The van der Waals surface area contributed by atoms with Crippen LogP contribution >= 0.6 is 11.6 Å². The predicted octanol–water partition coefficient (Wildman–Crippen LogP) is 1.43. The smallest absolute Gasteiger partial charge is 0.211 e. The number of sulfonamides is 1. The molecule has 1 saturated heterocycles. The molecule has 0 aliphatic carbocycles. The molecule has 3 heterocycles. The van der Waals surface area contributed by atoms with Crippen molar-refractivity contribution in [1.82, 2.24) is 14.3 Å². The van der Waals surface area contributed by atoms with Gasteiger partial charge in [-0.3, -0.25) is 0 Å². The number of hydrogen-bond donors (Lipinski definition) is 0. The minimum atomic E-state index is -3.19. The van der Waals surface area contributed by atoms with Crippen molar-refractivity contribution in [2.45, 2.75) is 13.0 Å². The van der Waals surface area contributed by atoms with E-state index in [2.05, 4.69) is 14.9 Å². The molecule has 1 aromatic carbocycles. The van der Waals surface area contributed by atoms with Crippen LogP contribution in [0.2, 0.25) is 5.15 Å². The first kappa shape index (κ1) is 15.9. The molecule has 1 aromatic heterocycles. The number of anilines is 1. The second-order valence-corrected chi connectivity index (χ2v) is 8.52. The third-order valence-corrected chi connectivity index (χ3v) is 6.05. The zero-order valence-electron chi connectivity index (χ0n) is 13.4. The summed E-state index contributed by atoms with van der Waals surface area (Å²) >= 11 is 6.26. The maximum Gasteiger partial charge on any atom is 0.211 e. The molecule has 0 spiro atoms. The van der Waals surface area contributed by atoms with E-state index in [0.717, 1.165) is 22.3 Å². The van der Waals surface area contributed by atoms with Gasteiger partial charge in [-0.05, 0) is 13.0 Å². The van der Waals surface area contributed by atoms with E-state index in [1.54, 1.807) is 6.92 Å². The summed E-state index contributed by atoms with van der Waals surface area (Å²) < 4.78 is 31.0. The Morgan fingerprint density at radius 2 is 2.08 bits per heavy atom. The lowest BCUT2D eigenvalue weighted by Gasteiger charge is -2.44. The van der Waals surface area contributed by atoms with Crippen molar-refractivity contribution >= 4 is 38.2 Å². The maximum atomic E-state index is 11.8. The Morgan fingerprint density at radius 1 is 1.29 bits per heavy atom. The van der Waals surface area contributed by atoms with Crippen molar-refractivity contribution in [2.75, 3.05) is 37.4 Å². The molecular weight excluding hydrogens is 352 g/mol. The van der Waals surface area contributed by atoms with E-state index >= 15 is 0 Å². The van der Waals surface area contributed by atoms with Gasteiger partial charge in [0, 0.05) is 31.1 Å². The van der Waals surface area contributed by atoms with Crippen molar-refractivity contribution in [3.05, 3.63) is 23.1 Å². The summed E-state index contributed by atoms with van der Waals surface area (Å²) in [5, 5.41) is 1.19. The number of rotatable bonds is 1. The largest absolute Gasteiger partial charge is 0.489 e. The van der Waals surface area contributed by atoms with Crippen LogP contribution in [0.15, 0.2) is 12.1 Å². The fourth-order valence-electron chi connectivity index (χ4n) is 3.33. The topological polar surface area (TPSA) is 75.6 Å². The van der Waals surface area contributed by atoms with Gasteiger partial charge in [-0.1, -0.05) is 11.6 Å². The summed E-state index contributed by atoms with van der Waals surface area (Å²) in [6, 6.07) is 3.81. The molecule has 4 rings (SSSR count).